The van der Waals surface area contributed by atoms with E-state index in [-0.39, 0.29) is 0 Å². The van der Waals surface area contributed by atoms with Gasteiger partial charge in [0.25, 0.3) is 0 Å². The van der Waals surface area contributed by atoms with Crippen LogP contribution < -0.4 is 0 Å². The van der Waals surface area contributed by atoms with E-state index < -0.39 is 0 Å². The number of hydrogen-bond donors (Lipinski definition) is 1. The molecule has 2 aliphatic heterocycles. The number of aliphatic hydroxyl groups is 1. The summed E-state index contributed by atoms with van der Waals surface area (Å²) in [6.45, 7) is 11.2. The number of rotatable bonds is 6. The van der Waals surface area contributed by atoms with Gasteiger partial charge in [-0.1, -0.05) is 6.92 Å². The number of aryl methyl sites for hydroxylation is 1. The number of aliphatic hydroxyl groups excluding tert-OH is 1. The van der Waals surface area contributed by atoms with Crippen LogP contribution in [0.5, 0.6) is 0 Å². The molecule has 0 radical (unpaired) electrons. The second-order valence-electron chi connectivity index (χ2n) is 7.58. The van der Waals surface area contributed by atoms with Crippen molar-refractivity contribution in [3.8, 4) is 0 Å². The molecule has 24 heavy (non-hydrogen) atoms. The molecule has 2 saturated heterocycles. The summed E-state index contributed by atoms with van der Waals surface area (Å²) < 4.78 is 5.86. The van der Waals surface area contributed by atoms with Gasteiger partial charge in [-0.25, -0.2) is 0 Å². The molecule has 0 saturated carbocycles. The first kappa shape index (κ1) is 17.9. The molecule has 2 fully saturated rings. The second kappa shape index (κ2) is 8.48. The van der Waals surface area contributed by atoms with Crippen molar-refractivity contribution in [2.45, 2.75) is 26.3 Å². The average Bonchev–Trinajstić information content (AvgIpc) is 3.13. The van der Waals surface area contributed by atoms with Crippen molar-refractivity contribution in [3.63, 3.8) is 0 Å². The van der Waals surface area contributed by atoms with Gasteiger partial charge in [0.15, 0.2) is 0 Å². The van der Waals surface area contributed by atoms with Crippen molar-refractivity contribution >= 4 is 0 Å². The van der Waals surface area contributed by atoms with E-state index in [1.165, 1.54) is 19.5 Å². The molecule has 1 aromatic heterocycles. The number of furan rings is 1. The predicted molar refractivity (Wildman–Crippen MR) is 96.0 cm³/mol. The van der Waals surface area contributed by atoms with Gasteiger partial charge in [0.2, 0.25) is 0 Å². The fourth-order valence-corrected chi connectivity index (χ4v) is 4.11. The second-order valence-corrected chi connectivity index (χ2v) is 7.58. The van der Waals surface area contributed by atoms with Gasteiger partial charge in [0.1, 0.15) is 11.5 Å². The van der Waals surface area contributed by atoms with Crippen LogP contribution in [0.1, 0.15) is 24.9 Å². The Labute approximate surface area is 146 Å². The molecule has 5 nitrogen and oxygen atoms in total. The van der Waals surface area contributed by atoms with Crippen molar-refractivity contribution in [2.75, 3.05) is 59.5 Å². The standard InChI is InChI=1S/C19H33N3O2/c1-3-18-5-6-19(24-18)14-22-12-16(17(13-22)15-23)11-21-8-4-7-20(2)9-10-21/h5-6,16-17,23H,3-4,7-15H2,1-2H3/t16-,17-/m1/s1. The van der Waals surface area contributed by atoms with Gasteiger partial charge < -0.3 is 19.3 Å². The molecule has 3 rings (SSSR count). The van der Waals surface area contributed by atoms with Crippen LogP contribution in [0.25, 0.3) is 0 Å². The summed E-state index contributed by atoms with van der Waals surface area (Å²) in [6, 6.07) is 4.19. The first-order valence-corrected chi connectivity index (χ1v) is 9.49. The molecule has 136 valence electrons. The topological polar surface area (TPSA) is 43.1 Å². The number of hydrogen-bond acceptors (Lipinski definition) is 5. The quantitative estimate of drug-likeness (QED) is 0.854. The highest BCUT2D eigenvalue weighted by molar-refractivity contribution is 5.07. The lowest BCUT2D eigenvalue weighted by Crippen LogP contribution is -2.36. The Morgan fingerprint density at radius 2 is 1.83 bits per heavy atom. The zero-order chi connectivity index (χ0) is 16.9. The van der Waals surface area contributed by atoms with Crippen LogP contribution in [-0.4, -0.2) is 79.3 Å². The maximum atomic E-state index is 9.81. The van der Waals surface area contributed by atoms with Gasteiger partial charge in [-0.15, -0.1) is 0 Å². The molecule has 0 unspecified atom stereocenters. The van der Waals surface area contributed by atoms with Gasteiger partial charge in [0, 0.05) is 45.8 Å². The summed E-state index contributed by atoms with van der Waals surface area (Å²) in [5, 5.41) is 9.81. The molecule has 2 atom stereocenters. The van der Waals surface area contributed by atoms with E-state index in [0.29, 0.717) is 18.4 Å². The molecule has 0 bridgehead atoms. The smallest absolute Gasteiger partial charge is 0.118 e. The normalized spacial score (nSPS) is 27.6. The van der Waals surface area contributed by atoms with Gasteiger partial charge in [0.05, 0.1) is 6.54 Å². The number of nitrogens with zero attached hydrogens (tertiary/aromatic N) is 3. The lowest BCUT2D eigenvalue weighted by atomic mass is 9.96. The summed E-state index contributed by atoms with van der Waals surface area (Å²) >= 11 is 0. The van der Waals surface area contributed by atoms with Gasteiger partial charge in [-0.3, -0.25) is 4.90 Å². The Bertz CT molecular complexity index is 505. The SMILES string of the molecule is CCc1ccc(CN2C[C@@H](CN3CCCN(C)CC3)[C@@H](CO)C2)o1. The molecule has 0 aromatic carbocycles. The van der Waals surface area contributed by atoms with E-state index in [2.05, 4.69) is 40.8 Å². The first-order valence-electron chi connectivity index (χ1n) is 9.49. The third kappa shape index (κ3) is 4.60. The van der Waals surface area contributed by atoms with Gasteiger partial charge in [-0.2, -0.15) is 0 Å². The fraction of sp³-hybridized carbons (Fsp3) is 0.789. The maximum absolute atomic E-state index is 9.81. The number of likely N-dealkylation sites (N-methyl/N-ethyl adjacent to an activating group) is 1. The number of likely N-dealkylation sites (tertiary alicyclic amines) is 1. The van der Waals surface area contributed by atoms with Crippen molar-refractivity contribution < 1.29 is 9.52 Å². The Morgan fingerprint density at radius 1 is 1.04 bits per heavy atom. The Kier molecular flexibility index (Phi) is 6.33. The van der Waals surface area contributed by atoms with Crippen LogP contribution >= 0.6 is 0 Å². The highest BCUT2D eigenvalue weighted by Gasteiger charge is 2.33. The van der Waals surface area contributed by atoms with Crippen LogP contribution in [0.3, 0.4) is 0 Å². The zero-order valence-corrected chi connectivity index (χ0v) is 15.3. The van der Waals surface area contributed by atoms with E-state index in [4.69, 9.17) is 4.42 Å². The molecule has 0 amide bonds. The minimum atomic E-state index is 0.299. The van der Waals surface area contributed by atoms with E-state index in [1.807, 2.05) is 0 Å². The Hall–Kier alpha value is -0.880. The van der Waals surface area contributed by atoms with Crippen molar-refractivity contribution in [1.29, 1.82) is 0 Å². The van der Waals surface area contributed by atoms with Gasteiger partial charge in [-0.05, 0) is 50.5 Å². The van der Waals surface area contributed by atoms with Crippen LogP contribution in [0.2, 0.25) is 0 Å². The summed E-state index contributed by atoms with van der Waals surface area (Å²) in [5.41, 5.74) is 0. The molecule has 0 spiro atoms. The third-order valence-electron chi connectivity index (χ3n) is 5.64. The van der Waals surface area contributed by atoms with Crippen LogP contribution in [0.4, 0.5) is 0 Å². The van der Waals surface area contributed by atoms with Gasteiger partial charge >= 0.3 is 0 Å². The minimum absolute atomic E-state index is 0.299. The Balaban J connectivity index is 1.53. The van der Waals surface area contributed by atoms with E-state index in [0.717, 1.165) is 57.2 Å². The maximum Gasteiger partial charge on any atom is 0.118 e. The largest absolute Gasteiger partial charge is 0.465 e. The van der Waals surface area contributed by atoms with E-state index in [9.17, 15) is 5.11 Å². The summed E-state index contributed by atoms with van der Waals surface area (Å²) in [7, 11) is 2.21. The highest BCUT2D eigenvalue weighted by atomic mass is 16.3. The summed E-state index contributed by atoms with van der Waals surface area (Å²) in [4.78, 5) is 7.48. The lowest BCUT2D eigenvalue weighted by Gasteiger charge is -2.26. The molecular weight excluding hydrogens is 302 g/mol. The molecule has 3 heterocycles. The summed E-state index contributed by atoms with van der Waals surface area (Å²) in [5.74, 6) is 3.08. The molecule has 1 N–H and O–H groups in total. The van der Waals surface area contributed by atoms with E-state index in [1.54, 1.807) is 0 Å². The van der Waals surface area contributed by atoms with Crippen LogP contribution in [0.15, 0.2) is 16.5 Å². The fourth-order valence-electron chi connectivity index (χ4n) is 4.11. The van der Waals surface area contributed by atoms with E-state index >= 15 is 0 Å². The van der Waals surface area contributed by atoms with Crippen molar-refractivity contribution in [3.05, 3.63) is 23.7 Å². The monoisotopic (exact) mass is 335 g/mol. The Morgan fingerprint density at radius 3 is 2.58 bits per heavy atom. The first-order chi connectivity index (χ1) is 11.7. The van der Waals surface area contributed by atoms with Crippen molar-refractivity contribution in [1.82, 2.24) is 14.7 Å². The third-order valence-corrected chi connectivity index (χ3v) is 5.64. The molecule has 0 aliphatic carbocycles. The van der Waals surface area contributed by atoms with Crippen LogP contribution in [-0.2, 0) is 13.0 Å². The lowest BCUT2D eigenvalue weighted by molar-refractivity contribution is 0.165. The summed E-state index contributed by atoms with van der Waals surface area (Å²) in [6.07, 6.45) is 2.20. The zero-order valence-electron chi connectivity index (χ0n) is 15.3. The minimum Gasteiger partial charge on any atom is -0.465 e. The predicted octanol–water partition coefficient (Wildman–Crippen LogP) is 1.52. The van der Waals surface area contributed by atoms with Crippen molar-refractivity contribution in [2.24, 2.45) is 11.8 Å². The molecule has 5 heteroatoms. The van der Waals surface area contributed by atoms with Crippen LogP contribution in [0, 0.1) is 11.8 Å². The highest BCUT2D eigenvalue weighted by Crippen LogP contribution is 2.26. The molecule has 2 aliphatic rings. The average molecular weight is 335 g/mol. The molecular formula is C19H33N3O2. The molecule has 1 aromatic rings.